The van der Waals surface area contributed by atoms with Gasteiger partial charge in [0.25, 0.3) is 0 Å². The monoisotopic (exact) mass is 174 g/mol. The van der Waals surface area contributed by atoms with Crippen molar-refractivity contribution in [2.24, 2.45) is 0 Å². The molecule has 0 amide bonds. The largest absolute Gasteiger partial charge is 0.478 e. The van der Waals surface area contributed by atoms with Gasteiger partial charge in [0.1, 0.15) is 0 Å². The molecule has 1 unspecified atom stereocenters. The lowest BCUT2D eigenvalue weighted by atomic mass is 10.0. The van der Waals surface area contributed by atoms with Gasteiger partial charge < -0.3 is 5.11 Å². The van der Waals surface area contributed by atoms with Crippen LogP contribution < -0.4 is 0 Å². The topological polar surface area (TPSA) is 37.3 Å². The van der Waals surface area contributed by atoms with Crippen LogP contribution in [0, 0.1) is 0 Å². The molecule has 1 aromatic carbocycles. The van der Waals surface area contributed by atoms with Crippen LogP contribution in [0.15, 0.2) is 30.3 Å². The molecule has 0 bridgehead atoms. The summed E-state index contributed by atoms with van der Waals surface area (Å²) in [5, 5.41) is 8.91. The van der Waals surface area contributed by atoms with Gasteiger partial charge in [0.15, 0.2) is 0 Å². The van der Waals surface area contributed by atoms with Crippen molar-refractivity contribution < 1.29 is 9.90 Å². The molecule has 1 atom stereocenters. The number of allylic oxidation sites excluding steroid dienone is 1. The zero-order valence-electron chi connectivity index (χ0n) is 7.32. The van der Waals surface area contributed by atoms with Crippen molar-refractivity contribution in [3.8, 4) is 0 Å². The van der Waals surface area contributed by atoms with Crippen LogP contribution in [-0.4, -0.2) is 11.1 Å². The molecule has 0 saturated heterocycles. The van der Waals surface area contributed by atoms with E-state index in [0.29, 0.717) is 5.57 Å². The van der Waals surface area contributed by atoms with Crippen molar-refractivity contribution in [3.05, 3.63) is 41.5 Å². The molecule has 13 heavy (non-hydrogen) atoms. The Bertz CT molecular complexity index is 391. The minimum atomic E-state index is -0.836. The molecule has 1 aromatic rings. The van der Waals surface area contributed by atoms with E-state index in [1.54, 1.807) is 6.08 Å². The van der Waals surface area contributed by atoms with E-state index in [4.69, 9.17) is 5.11 Å². The lowest BCUT2D eigenvalue weighted by Crippen LogP contribution is -1.97. The van der Waals surface area contributed by atoms with E-state index in [-0.39, 0.29) is 5.92 Å². The molecule has 1 aliphatic carbocycles. The Morgan fingerprint density at radius 3 is 2.77 bits per heavy atom. The molecule has 0 aromatic heterocycles. The molecule has 0 fully saturated rings. The first-order valence-corrected chi connectivity index (χ1v) is 4.24. The molecule has 0 saturated carbocycles. The van der Waals surface area contributed by atoms with Crippen molar-refractivity contribution in [3.63, 3.8) is 0 Å². The second-order valence-electron chi connectivity index (χ2n) is 3.26. The number of hydrogen-bond acceptors (Lipinski definition) is 1. The average Bonchev–Trinajstić information content (AvgIpc) is 2.45. The number of carboxylic acid groups (broad SMARTS) is 1. The Kier molecular flexibility index (Phi) is 1.69. The van der Waals surface area contributed by atoms with Gasteiger partial charge in [-0.15, -0.1) is 0 Å². The predicted molar refractivity (Wildman–Crippen MR) is 50.5 cm³/mol. The molecular formula is C11H10O2. The Hall–Kier alpha value is -1.57. The van der Waals surface area contributed by atoms with Gasteiger partial charge in [0.2, 0.25) is 0 Å². The van der Waals surface area contributed by atoms with Crippen LogP contribution in [0.1, 0.15) is 24.0 Å². The lowest BCUT2D eigenvalue weighted by Gasteiger charge is -2.02. The molecule has 1 N–H and O–H groups in total. The maximum atomic E-state index is 10.8. The average molecular weight is 174 g/mol. The highest BCUT2D eigenvalue weighted by Gasteiger charge is 2.23. The van der Waals surface area contributed by atoms with Crippen LogP contribution in [-0.2, 0) is 4.79 Å². The fourth-order valence-corrected chi connectivity index (χ4v) is 1.76. The first-order chi connectivity index (χ1) is 6.20. The van der Waals surface area contributed by atoms with E-state index in [0.717, 1.165) is 11.1 Å². The van der Waals surface area contributed by atoms with Crippen LogP contribution in [0.3, 0.4) is 0 Å². The maximum absolute atomic E-state index is 10.8. The summed E-state index contributed by atoms with van der Waals surface area (Å²) in [5.41, 5.74) is 2.41. The van der Waals surface area contributed by atoms with Gasteiger partial charge in [0.05, 0.1) is 5.57 Å². The number of carbonyl (C=O) groups is 1. The summed E-state index contributed by atoms with van der Waals surface area (Å²) < 4.78 is 0. The summed E-state index contributed by atoms with van der Waals surface area (Å²) in [5.74, 6) is -0.612. The highest BCUT2D eigenvalue weighted by atomic mass is 16.4. The van der Waals surface area contributed by atoms with Gasteiger partial charge in [0, 0.05) is 5.92 Å². The second-order valence-corrected chi connectivity index (χ2v) is 3.26. The molecule has 0 heterocycles. The van der Waals surface area contributed by atoms with Crippen LogP contribution in [0.25, 0.3) is 5.57 Å². The molecule has 0 aliphatic heterocycles. The van der Waals surface area contributed by atoms with Gasteiger partial charge in [-0.25, -0.2) is 4.79 Å². The highest BCUT2D eigenvalue weighted by Crippen LogP contribution is 2.35. The van der Waals surface area contributed by atoms with Crippen molar-refractivity contribution >= 4 is 11.5 Å². The minimum absolute atomic E-state index is 0.224. The van der Waals surface area contributed by atoms with E-state index >= 15 is 0 Å². The smallest absolute Gasteiger partial charge is 0.335 e. The second kappa shape index (κ2) is 2.73. The minimum Gasteiger partial charge on any atom is -0.478 e. The number of benzene rings is 1. The first-order valence-electron chi connectivity index (χ1n) is 4.24. The third-order valence-electron chi connectivity index (χ3n) is 2.39. The van der Waals surface area contributed by atoms with E-state index in [1.165, 1.54) is 0 Å². The molecule has 66 valence electrons. The summed E-state index contributed by atoms with van der Waals surface area (Å²) >= 11 is 0. The molecule has 2 rings (SSSR count). The Labute approximate surface area is 76.5 Å². The third-order valence-corrected chi connectivity index (χ3v) is 2.39. The number of hydrogen-bond donors (Lipinski definition) is 1. The van der Waals surface area contributed by atoms with Gasteiger partial charge in [-0.05, 0) is 11.1 Å². The van der Waals surface area contributed by atoms with Gasteiger partial charge in [-0.3, -0.25) is 0 Å². The van der Waals surface area contributed by atoms with E-state index in [1.807, 2.05) is 31.2 Å². The van der Waals surface area contributed by atoms with Gasteiger partial charge >= 0.3 is 5.97 Å². The van der Waals surface area contributed by atoms with Crippen LogP contribution in [0.4, 0.5) is 0 Å². The highest BCUT2D eigenvalue weighted by molar-refractivity contribution is 6.17. The van der Waals surface area contributed by atoms with E-state index < -0.39 is 5.97 Å². The molecule has 1 aliphatic rings. The SMILES string of the molecule is CC1C=C(C(=O)O)c2ccccc21. The van der Waals surface area contributed by atoms with Crippen LogP contribution >= 0.6 is 0 Å². The molecule has 2 heteroatoms. The summed E-state index contributed by atoms with van der Waals surface area (Å²) in [6.45, 7) is 2.01. The zero-order valence-corrected chi connectivity index (χ0v) is 7.32. The van der Waals surface area contributed by atoms with Crippen molar-refractivity contribution in [1.29, 1.82) is 0 Å². The van der Waals surface area contributed by atoms with Crippen molar-refractivity contribution in [2.45, 2.75) is 12.8 Å². The first kappa shape index (κ1) is 8.05. The summed E-state index contributed by atoms with van der Waals surface area (Å²) in [7, 11) is 0. The van der Waals surface area contributed by atoms with Gasteiger partial charge in [-0.2, -0.15) is 0 Å². The number of rotatable bonds is 1. The normalized spacial score (nSPS) is 19.5. The number of fused-ring (bicyclic) bond motifs is 1. The predicted octanol–water partition coefficient (Wildman–Crippen LogP) is 2.27. The van der Waals surface area contributed by atoms with Crippen LogP contribution in [0.2, 0.25) is 0 Å². The Morgan fingerprint density at radius 2 is 2.08 bits per heavy atom. The maximum Gasteiger partial charge on any atom is 0.335 e. The van der Waals surface area contributed by atoms with Crippen molar-refractivity contribution in [2.75, 3.05) is 0 Å². The quantitative estimate of drug-likeness (QED) is 0.709. The van der Waals surface area contributed by atoms with Gasteiger partial charge in [-0.1, -0.05) is 37.3 Å². The molecule has 0 spiro atoms. The standard InChI is InChI=1S/C11H10O2/c1-7-6-10(11(12)13)9-5-3-2-4-8(7)9/h2-7H,1H3,(H,12,13). The fraction of sp³-hybridized carbons (Fsp3) is 0.182. The Balaban J connectivity index is 2.57. The van der Waals surface area contributed by atoms with Crippen molar-refractivity contribution in [1.82, 2.24) is 0 Å². The number of aliphatic carboxylic acids is 1. The zero-order chi connectivity index (χ0) is 9.42. The third kappa shape index (κ3) is 1.15. The molecule has 0 radical (unpaired) electrons. The Morgan fingerprint density at radius 1 is 1.38 bits per heavy atom. The molecular weight excluding hydrogens is 164 g/mol. The lowest BCUT2D eigenvalue weighted by molar-refractivity contribution is -0.130. The van der Waals surface area contributed by atoms with Crippen LogP contribution in [0.5, 0.6) is 0 Å². The molecule has 2 nitrogen and oxygen atoms in total. The summed E-state index contributed by atoms with van der Waals surface area (Å²) in [6, 6.07) is 7.65. The summed E-state index contributed by atoms with van der Waals surface area (Å²) in [4.78, 5) is 10.8. The fourth-order valence-electron chi connectivity index (χ4n) is 1.76. The number of carboxylic acids is 1. The summed E-state index contributed by atoms with van der Waals surface area (Å²) in [6.07, 6.45) is 1.80. The van der Waals surface area contributed by atoms with E-state index in [9.17, 15) is 4.79 Å². The van der Waals surface area contributed by atoms with E-state index in [2.05, 4.69) is 0 Å².